The number of aliphatic hydroxyl groups excluding tert-OH is 1. The van der Waals surface area contributed by atoms with Gasteiger partial charge in [0.2, 0.25) is 0 Å². The van der Waals surface area contributed by atoms with Crippen LogP contribution in [0.5, 0.6) is 0 Å². The maximum atomic E-state index is 11.0. The van der Waals surface area contributed by atoms with Crippen LogP contribution < -0.4 is 9.80 Å². The zero-order chi connectivity index (χ0) is 18.1. The van der Waals surface area contributed by atoms with Gasteiger partial charge in [-0.15, -0.1) is 0 Å². The Morgan fingerprint density at radius 1 is 1.07 bits per heavy atom. The summed E-state index contributed by atoms with van der Waals surface area (Å²) in [6.45, 7) is 4.02. The summed E-state index contributed by atoms with van der Waals surface area (Å²) in [6.07, 6.45) is 2.93. The summed E-state index contributed by atoms with van der Waals surface area (Å²) in [5, 5.41) is 11.0. The zero-order valence-electron chi connectivity index (χ0n) is 15.2. The highest BCUT2D eigenvalue weighted by atomic mass is 16.3. The molecule has 1 saturated carbocycles. The van der Waals surface area contributed by atoms with Crippen LogP contribution in [0.4, 0.5) is 11.4 Å². The minimum Gasteiger partial charge on any atom is -0.443 e. The maximum absolute atomic E-state index is 11.0. The van der Waals surface area contributed by atoms with Crippen molar-refractivity contribution in [3.05, 3.63) is 65.2 Å². The van der Waals surface area contributed by atoms with Crippen LogP contribution in [0.25, 0.3) is 11.3 Å². The van der Waals surface area contributed by atoms with E-state index >= 15 is 0 Å². The van der Waals surface area contributed by atoms with Crippen molar-refractivity contribution in [3.63, 3.8) is 0 Å². The maximum Gasteiger partial charge on any atom is 0.181 e. The summed E-state index contributed by atoms with van der Waals surface area (Å²) in [5.74, 6) is 0.703. The number of rotatable bonds is 2. The van der Waals surface area contributed by atoms with Gasteiger partial charge in [0.05, 0.1) is 5.69 Å². The molecule has 0 saturated heterocycles. The summed E-state index contributed by atoms with van der Waals surface area (Å²) in [7, 11) is 0. The molecule has 1 fully saturated rings. The lowest BCUT2D eigenvalue weighted by Gasteiger charge is -2.37. The first-order valence-electron chi connectivity index (χ1n) is 9.58. The van der Waals surface area contributed by atoms with Gasteiger partial charge >= 0.3 is 0 Å². The van der Waals surface area contributed by atoms with E-state index in [-0.39, 0.29) is 0 Å². The number of oxazole rings is 1. The summed E-state index contributed by atoms with van der Waals surface area (Å²) in [5.41, 5.74) is 7.99. The van der Waals surface area contributed by atoms with Gasteiger partial charge < -0.3 is 19.3 Å². The first-order chi connectivity index (χ1) is 13.2. The zero-order valence-corrected chi connectivity index (χ0v) is 15.2. The molecule has 1 atom stereocenters. The smallest absolute Gasteiger partial charge is 0.181 e. The molecule has 3 aromatic rings. The van der Waals surface area contributed by atoms with Crippen molar-refractivity contribution in [2.75, 3.05) is 9.80 Å². The molecule has 3 heterocycles. The minimum absolute atomic E-state index is 0.383. The lowest BCUT2D eigenvalue weighted by molar-refractivity contribution is 0.163. The van der Waals surface area contributed by atoms with Gasteiger partial charge in [-0.05, 0) is 48.6 Å². The molecular weight excluding hydrogens is 338 g/mol. The van der Waals surface area contributed by atoms with E-state index in [9.17, 15) is 5.11 Å². The number of nitrogens with zero attached hydrogens (tertiary/aromatic N) is 3. The first kappa shape index (κ1) is 15.3. The van der Waals surface area contributed by atoms with Gasteiger partial charge in [0.15, 0.2) is 18.4 Å². The molecule has 0 bridgehead atoms. The van der Waals surface area contributed by atoms with E-state index in [4.69, 9.17) is 4.42 Å². The van der Waals surface area contributed by atoms with E-state index in [0.717, 1.165) is 37.2 Å². The van der Waals surface area contributed by atoms with Crippen LogP contribution in [0.1, 0.15) is 41.5 Å². The predicted molar refractivity (Wildman–Crippen MR) is 103 cm³/mol. The summed E-state index contributed by atoms with van der Waals surface area (Å²) >= 11 is 0. The quantitative estimate of drug-likeness (QED) is 0.745. The Labute approximate surface area is 157 Å². The van der Waals surface area contributed by atoms with Crippen molar-refractivity contribution < 1.29 is 9.52 Å². The second-order valence-electron chi connectivity index (χ2n) is 7.81. The van der Waals surface area contributed by atoms with Crippen LogP contribution in [-0.4, -0.2) is 16.1 Å². The van der Waals surface area contributed by atoms with Crippen LogP contribution in [0.3, 0.4) is 0 Å². The number of aromatic nitrogens is 1. The van der Waals surface area contributed by atoms with Gasteiger partial charge in [0.25, 0.3) is 0 Å². The van der Waals surface area contributed by atoms with Gasteiger partial charge in [-0.3, -0.25) is 0 Å². The standard InChI is InChI=1S/C22H21N3O2/c1-13-18(24-10-14-4-2-3-5-15(14)11-24)9-8-17-20(13)25(16-6-7-16)22(26)19-21(17)27-12-23-19/h2-5,8-9,12,16,22,26H,6-7,10-11H2,1H3. The fourth-order valence-electron chi connectivity index (χ4n) is 4.68. The largest absolute Gasteiger partial charge is 0.443 e. The molecule has 1 aliphatic carbocycles. The van der Waals surface area contributed by atoms with E-state index in [1.165, 1.54) is 28.8 Å². The van der Waals surface area contributed by atoms with Crippen LogP contribution in [0.2, 0.25) is 0 Å². The molecule has 5 heteroatoms. The van der Waals surface area contributed by atoms with Crippen molar-refractivity contribution >= 4 is 11.4 Å². The number of hydrogen-bond donors (Lipinski definition) is 1. The molecule has 2 aromatic carbocycles. The molecular formula is C22H21N3O2. The van der Waals surface area contributed by atoms with Gasteiger partial charge in [-0.1, -0.05) is 24.3 Å². The van der Waals surface area contributed by atoms with E-state index in [2.05, 4.69) is 58.1 Å². The first-order valence-corrected chi connectivity index (χ1v) is 9.58. The van der Waals surface area contributed by atoms with Gasteiger partial charge in [-0.25, -0.2) is 4.98 Å². The molecule has 5 nitrogen and oxygen atoms in total. The van der Waals surface area contributed by atoms with Crippen LogP contribution in [0, 0.1) is 6.92 Å². The number of benzene rings is 2. The van der Waals surface area contributed by atoms with E-state index in [0.29, 0.717) is 17.5 Å². The number of fused-ring (bicyclic) bond motifs is 4. The molecule has 27 heavy (non-hydrogen) atoms. The number of aliphatic hydroxyl groups is 1. The normalized spacial score (nSPS) is 20.4. The Morgan fingerprint density at radius 3 is 2.52 bits per heavy atom. The molecule has 3 aliphatic rings. The molecule has 0 radical (unpaired) electrons. The molecule has 136 valence electrons. The average Bonchev–Trinajstić information content (AvgIpc) is 3.22. The van der Waals surface area contributed by atoms with Crippen LogP contribution in [-0.2, 0) is 13.1 Å². The number of hydrogen-bond acceptors (Lipinski definition) is 5. The molecule has 1 aromatic heterocycles. The molecule has 1 unspecified atom stereocenters. The molecule has 1 N–H and O–H groups in total. The summed E-state index contributed by atoms with van der Waals surface area (Å²) < 4.78 is 5.66. The Kier molecular flexibility index (Phi) is 3.04. The Bertz CT molecular complexity index is 1030. The van der Waals surface area contributed by atoms with Gasteiger partial charge in [0, 0.05) is 30.4 Å². The van der Waals surface area contributed by atoms with Crippen LogP contribution in [0.15, 0.2) is 47.2 Å². The summed E-state index contributed by atoms with van der Waals surface area (Å²) in [4.78, 5) is 8.86. The Hall–Kier alpha value is -2.79. The highest BCUT2D eigenvalue weighted by molar-refractivity contribution is 5.87. The Balaban J connectivity index is 1.49. The average molecular weight is 359 g/mol. The topological polar surface area (TPSA) is 52.7 Å². The van der Waals surface area contributed by atoms with E-state index < -0.39 is 6.23 Å². The van der Waals surface area contributed by atoms with Crippen molar-refractivity contribution in [1.82, 2.24) is 4.98 Å². The highest BCUT2D eigenvalue weighted by Crippen LogP contribution is 2.51. The third-order valence-electron chi connectivity index (χ3n) is 6.13. The van der Waals surface area contributed by atoms with E-state index in [1.807, 2.05) is 0 Å². The lowest BCUT2D eigenvalue weighted by Crippen LogP contribution is -2.35. The highest BCUT2D eigenvalue weighted by Gasteiger charge is 2.42. The Morgan fingerprint density at radius 2 is 1.81 bits per heavy atom. The van der Waals surface area contributed by atoms with Gasteiger partial charge in [0.1, 0.15) is 5.69 Å². The second kappa shape index (κ2) is 5.36. The molecule has 0 spiro atoms. The molecule has 2 aliphatic heterocycles. The van der Waals surface area contributed by atoms with Crippen molar-refractivity contribution in [1.29, 1.82) is 0 Å². The lowest BCUT2D eigenvalue weighted by atomic mass is 9.96. The monoisotopic (exact) mass is 359 g/mol. The fraction of sp³-hybridized carbons (Fsp3) is 0.318. The van der Waals surface area contributed by atoms with Crippen LogP contribution >= 0.6 is 0 Å². The number of anilines is 2. The van der Waals surface area contributed by atoms with Crippen molar-refractivity contribution in [3.8, 4) is 11.3 Å². The summed E-state index contributed by atoms with van der Waals surface area (Å²) in [6, 6.07) is 13.3. The minimum atomic E-state index is -0.733. The fourth-order valence-corrected chi connectivity index (χ4v) is 4.68. The SMILES string of the molecule is Cc1c(N2Cc3ccccc3C2)ccc2c1N(C1CC1)C(O)c1ncoc1-2. The predicted octanol–water partition coefficient (Wildman–Crippen LogP) is 4.14. The van der Waals surface area contributed by atoms with Gasteiger partial charge in [-0.2, -0.15) is 0 Å². The molecule has 0 amide bonds. The third-order valence-corrected chi connectivity index (χ3v) is 6.13. The van der Waals surface area contributed by atoms with Crippen molar-refractivity contribution in [2.45, 2.75) is 45.1 Å². The molecule has 6 rings (SSSR count). The third kappa shape index (κ3) is 2.12. The van der Waals surface area contributed by atoms with Crippen molar-refractivity contribution in [2.24, 2.45) is 0 Å². The van der Waals surface area contributed by atoms with E-state index in [1.54, 1.807) is 0 Å². The second-order valence-corrected chi connectivity index (χ2v) is 7.81.